The molecule has 0 aromatic heterocycles. The molecule has 0 spiro atoms. The molecule has 100 valence electrons. The number of ether oxygens (including phenoxy) is 1. The minimum Gasteiger partial charge on any atom is -0.393 e. The summed E-state index contributed by atoms with van der Waals surface area (Å²) in [6.07, 6.45) is 0.728. The van der Waals surface area contributed by atoms with E-state index in [-0.39, 0.29) is 25.1 Å². The van der Waals surface area contributed by atoms with Crippen LogP contribution in [0.25, 0.3) is 0 Å². The molecule has 0 bridgehead atoms. The molecule has 18 heavy (non-hydrogen) atoms. The van der Waals surface area contributed by atoms with Gasteiger partial charge in [-0.25, -0.2) is 4.39 Å². The summed E-state index contributed by atoms with van der Waals surface area (Å²) < 4.78 is 18.0. The van der Waals surface area contributed by atoms with Crippen LogP contribution in [0.1, 0.15) is 19.4 Å². The van der Waals surface area contributed by atoms with Gasteiger partial charge in [-0.15, -0.1) is 0 Å². The Morgan fingerprint density at radius 2 is 2.17 bits per heavy atom. The minimum atomic E-state index is -0.725. The molecule has 0 saturated heterocycles. The lowest BCUT2D eigenvalue weighted by Crippen LogP contribution is -2.22. The second-order valence-electron chi connectivity index (χ2n) is 4.12. The van der Waals surface area contributed by atoms with Crippen LogP contribution in [-0.4, -0.2) is 36.7 Å². The van der Waals surface area contributed by atoms with Crippen LogP contribution in [0.15, 0.2) is 29.4 Å². The smallest absolute Gasteiger partial charge is 0.145 e. The highest BCUT2D eigenvalue weighted by Crippen LogP contribution is 2.00. The summed E-state index contributed by atoms with van der Waals surface area (Å²) in [4.78, 5) is 4.89. The molecule has 4 nitrogen and oxygen atoms in total. The molecule has 0 aliphatic rings. The number of nitrogens with zero attached hydrogens (tertiary/aromatic N) is 1. The zero-order valence-electron chi connectivity index (χ0n) is 10.5. The first-order valence-electron chi connectivity index (χ1n) is 5.78. The number of oxime groups is 1. The Balaban J connectivity index is 2.24. The van der Waals surface area contributed by atoms with E-state index in [1.54, 1.807) is 12.1 Å². The summed E-state index contributed by atoms with van der Waals surface area (Å²) in [6.45, 7) is 4.01. The lowest BCUT2D eigenvalue weighted by molar-refractivity contribution is -0.0343. The summed E-state index contributed by atoms with van der Waals surface area (Å²) in [5, 5.41) is 13.1. The standard InChI is InChI=1S/C13H18FNO3/c1-10(2)17-8-13(16)9-18-15-7-11-4-3-5-12(14)6-11/h3-7,10,13,16H,8-9H2,1-2H3/b15-7+. The molecule has 1 rings (SSSR count). The Labute approximate surface area is 106 Å². The molecule has 0 radical (unpaired) electrons. The van der Waals surface area contributed by atoms with Crippen molar-refractivity contribution in [3.8, 4) is 0 Å². The third-order valence-corrected chi connectivity index (χ3v) is 2.01. The van der Waals surface area contributed by atoms with Gasteiger partial charge >= 0.3 is 0 Å². The molecule has 1 atom stereocenters. The SMILES string of the molecule is CC(C)OCC(O)CO/N=C/c1cccc(F)c1. The summed E-state index contributed by atoms with van der Waals surface area (Å²) >= 11 is 0. The third-order valence-electron chi connectivity index (χ3n) is 2.01. The molecule has 0 heterocycles. The number of hydrogen-bond acceptors (Lipinski definition) is 4. The van der Waals surface area contributed by atoms with Gasteiger partial charge in [0.15, 0.2) is 0 Å². The van der Waals surface area contributed by atoms with Crippen LogP contribution < -0.4 is 0 Å². The maximum atomic E-state index is 12.8. The summed E-state index contributed by atoms with van der Waals surface area (Å²) in [5.41, 5.74) is 0.600. The molecule has 0 fully saturated rings. The van der Waals surface area contributed by atoms with E-state index in [1.807, 2.05) is 13.8 Å². The number of hydrogen-bond donors (Lipinski definition) is 1. The van der Waals surface area contributed by atoms with Gasteiger partial charge < -0.3 is 14.7 Å². The molecule has 0 amide bonds. The van der Waals surface area contributed by atoms with Crippen molar-refractivity contribution in [2.75, 3.05) is 13.2 Å². The van der Waals surface area contributed by atoms with Crippen LogP contribution in [0.3, 0.4) is 0 Å². The monoisotopic (exact) mass is 255 g/mol. The van der Waals surface area contributed by atoms with Crippen molar-refractivity contribution < 1.29 is 19.1 Å². The van der Waals surface area contributed by atoms with E-state index in [1.165, 1.54) is 18.3 Å². The van der Waals surface area contributed by atoms with Crippen molar-refractivity contribution in [3.63, 3.8) is 0 Å². The fourth-order valence-corrected chi connectivity index (χ4v) is 1.17. The molecule has 0 saturated carbocycles. The summed E-state index contributed by atoms with van der Waals surface area (Å²) in [7, 11) is 0. The fraction of sp³-hybridized carbons (Fsp3) is 0.462. The van der Waals surface area contributed by atoms with Gasteiger partial charge in [0.1, 0.15) is 18.5 Å². The maximum absolute atomic E-state index is 12.8. The van der Waals surface area contributed by atoms with E-state index in [9.17, 15) is 9.50 Å². The van der Waals surface area contributed by atoms with E-state index in [2.05, 4.69) is 5.16 Å². The number of benzene rings is 1. The van der Waals surface area contributed by atoms with Crippen LogP contribution in [0.5, 0.6) is 0 Å². The van der Waals surface area contributed by atoms with Gasteiger partial charge in [0.25, 0.3) is 0 Å². The number of aliphatic hydroxyl groups is 1. The highest BCUT2D eigenvalue weighted by molar-refractivity contribution is 5.78. The highest BCUT2D eigenvalue weighted by Gasteiger charge is 2.05. The van der Waals surface area contributed by atoms with Gasteiger partial charge in [-0.2, -0.15) is 0 Å². The maximum Gasteiger partial charge on any atom is 0.145 e. The number of aliphatic hydroxyl groups excluding tert-OH is 1. The lowest BCUT2D eigenvalue weighted by atomic mass is 10.2. The zero-order valence-corrected chi connectivity index (χ0v) is 10.5. The molecular formula is C13H18FNO3. The first-order chi connectivity index (χ1) is 8.58. The third kappa shape index (κ3) is 6.32. The lowest BCUT2D eigenvalue weighted by Gasteiger charge is -2.11. The van der Waals surface area contributed by atoms with Crippen molar-refractivity contribution in [2.45, 2.75) is 26.1 Å². The van der Waals surface area contributed by atoms with Gasteiger partial charge in [0, 0.05) is 0 Å². The van der Waals surface area contributed by atoms with Crippen molar-refractivity contribution >= 4 is 6.21 Å². The second-order valence-corrected chi connectivity index (χ2v) is 4.12. The van der Waals surface area contributed by atoms with Crippen LogP contribution in [0.2, 0.25) is 0 Å². The van der Waals surface area contributed by atoms with Crippen LogP contribution in [-0.2, 0) is 9.57 Å². The average molecular weight is 255 g/mol. The Hall–Kier alpha value is -1.46. The normalized spacial score (nSPS) is 13.2. The van der Waals surface area contributed by atoms with Crippen molar-refractivity contribution in [2.24, 2.45) is 5.16 Å². The first kappa shape index (κ1) is 14.6. The predicted molar refractivity (Wildman–Crippen MR) is 67.0 cm³/mol. The highest BCUT2D eigenvalue weighted by atomic mass is 19.1. The topological polar surface area (TPSA) is 51.0 Å². The first-order valence-corrected chi connectivity index (χ1v) is 5.78. The summed E-state index contributed by atoms with van der Waals surface area (Å²) in [5.74, 6) is -0.329. The molecule has 1 aromatic rings. The van der Waals surface area contributed by atoms with Crippen LogP contribution in [0, 0.1) is 5.82 Å². The van der Waals surface area contributed by atoms with Crippen LogP contribution >= 0.6 is 0 Å². The van der Waals surface area contributed by atoms with Gasteiger partial charge in [0.2, 0.25) is 0 Å². The van der Waals surface area contributed by atoms with E-state index in [0.717, 1.165) is 0 Å². The van der Waals surface area contributed by atoms with Gasteiger partial charge in [-0.05, 0) is 31.5 Å². The zero-order chi connectivity index (χ0) is 13.4. The van der Waals surface area contributed by atoms with Crippen molar-refractivity contribution in [3.05, 3.63) is 35.6 Å². The van der Waals surface area contributed by atoms with E-state index in [4.69, 9.17) is 9.57 Å². The van der Waals surface area contributed by atoms with Gasteiger partial charge in [-0.1, -0.05) is 17.3 Å². The summed E-state index contributed by atoms with van der Waals surface area (Å²) in [6, 6.07) is 5.98. The average Bonchev–Trinajstić information content (AvgIpc) is 2.32. The Morgan fingerprint density at radius 3 is 2.83 bits per heavy atom. The quantitative estimate of drug-likeness (QED) is 0.598. The van der Waals surface area contributed by atoms with Gasteiger partial charge in [-0.3, -0.25) is 0 Å². The largest absolute Gasteiger partial charge is 0.393 e. The van der Waals surface area contributed by atoms with E-state index < -0.39 is 6.10 Å². The van der Waals surface area contributed by atoms with Gasteiger partial charge in [0.05, 0.1) is 18.9 Å². The molecule has 5 heteroatoms. The number of rotatable bonds is 7. The Kier molecular flexibility index (Phi) is 6.32. The molecule has 1 N–H and O–H groups in total. The van der Waals surface area contributed by atoms with Crippen molar-refractivity contribution in [1.82, 2.24) is 0 Å². The predicted octanol–water partition coefficient (Wildman–Crippen LogP) is 1.96. The Bertz CT molecular complexity index is 382. The van der Waals surface area contributed by atoms with E-state index in [0.29, 0.717) is 5.56 Å². The van der Waals surface area contributed by atoms with Crippen LogP contribution in [0.4, 0.5) is 4.39 Å². The molecule has 0 aliphatic heterocycles. The van der Waals surface area contributed by atoms with Crippen molar-refractivity contribution in [1.29, 1.82) is 0 Å². The molecule has 0 aliphatic carbocycles. The molecular weight excluding hydrogens is 237 g/mol. The van der Waals surface area contributed by atoms with E-state index >= 15 is 0 Å². The Morgan fingerprint density at radius 1 is 1.39 bits per heavy atom. The number of halogens is 1. The fourth-order valence-electron chi connectivity index (χ4n) is 1.17. The molecule has 1 aromatic carbocycles. The second kappa shape index (κ2) is 7.79. The molecule has 1 unspecified atom stereocenters. The minimum absolute atomic E-state index is 0.0402.